The summed E-state index contributed by atoms with van der Waals surface area (Å²) in [6.45, 7) is 22.0. The van der Waals surface area contributed by atoms with Crippen molar-refractivity contribution in [3.05, 3.63) is 106 Å². The summed E-state index contributed by atoms with van der Waals surface area (Å²) in [6.07, 6.45) is 9.32. The maximum Gasteiger partial charge on any atom is 0.247 e. The Bertz CT molecular complexity index is 1790. The van der Waals surface area contributed by atoms with Gasteiger partial charge in [-0.05, 0) is 105 Å². The van der Waals surface area contributed by atoms with E-state index in [9.17, 15) is 18.8 Å². The van der Waals surface area contributed by atoms with Crippen molar-refractivity contribution in [2.45, 2.75) is 121 Å². The number of Topliss-reactive ketones (excluding diaryl/α,β-unsaturated/α-hetero) is 1. The van der Waals surface area contributed by atoms with E-state index in [-0.39, 0.29) is 44.4 Å². The zero-order valence-electron chi connectivity index (χ0n) is 32.2. The molecule has 4 rings (SSSR count). The molecule has 2 aromatic carbocycles. The summed E-state index contributed by atoms with van der Waals surface area (Å²) in [5.41, 5.74) is 6.43. The summed E-state index contributed by atoms with van der Waals surface area (Å²) in [5.74, 6) is -2.09. The number of halogens is 2. The van der Waals surface area contributed by atoms with Crippen LogP contribution in [0.4, 0.5) is 8.78 Å². The molecule has 3 N–H and O–H groups in total. The van der Waals surface area contributed by atoms with Crippen molar-refractivity contribution in [3.63, 3.8) is 0 Å². The van der Waals surface area contributed by atoms with Gasteiger partial charge in [0.05, 0.1) is 17.4 Å². The topological polar surface area (TPSA) is 105 Å². The smallest absolute Gasteiger partial charge is 0.247 e. The Labute approximate surface area is 322 Å². The Balaban J connectivity index is 0.00000282. The number of fused-ring (bicyclic) bond motifs is 1. The van der Waals surface area contributed by atoms with E-state index in [4.69, 9.17) is 0 Å². The molecule has 2 amide bonds. The fourth-order valence-electron chi connectivity index (χ4n) is 6.17. The highest BCUT2D eigenvalue weighted by Crippen LogP contribution is 2.34. The van der Waals surface area contributed by atoms with Crippen LogP contribution in [-0.2, 0) is 27.3 Å². The van der Waals surface area contributed by atoms with Crippen molar-refractivity contribution in [1.29, 1.82) is 0 Å². The fraction of sp³-hybridized carbons (Fsp3) is 0.455. The Kier molecular flexibility index (Phi) is 19.2. The average molecular weight is 748 g/mol. The number of benzene rings is 2. The molecule has 296 valence electrons. The van der Waals surface area contributed by atoms with E-state index in [2.05, 4.69) is 41.5 Å². The van der Waals surface area contributed by atoms with Gasteiger partial charge in [0.2, 0.25) is 11.8 Å². The molecule has 0 radical (unpaired) electrons. The number of rotatable bonds is 13. The Morgan fingerprint density at radius 2 is 1.63 bits per heavy atom. The van der Waals surface area contributed by atoms with Crippen molar-refractivity contribution in [2.24, 2.45) is 5.92 Å². The maximum atomic E-state index is 15.8. The van der Waals surface area contributed by atoms with Crippen LogP contribution in [0.2, 0.25) is 0 Å². The highest BCUT2D eigenvalue weighted by molar-refractivity contribution is 5.97. The zero-order valence-corrected chi connectivity index (χ0v) is 32.2. The maximum absolute atomic E-state index is 15.8. The number of amides is 2. The van der Waals surface area contributed by atoms with Gasteiger partial charge in [-0.2, -0.15) is 5.10 Å². The fourth-order valence-corrected chi connectivity index (χ4v) is 6.17. The third-order valence-corrected chi connectivity index (χ3v) is 8.60. The van der Waals surface area contributed by atoms with Crippen molar-refractivity contribution >= 4 is 23.3 Å². The number of hydrogen-bond acceptors (Lipinski definition) is 5. The van der Waals surface area contributed by atoms with E-state index in [0.29, 0.717) is 39.9 Å². The van der Waals surface area contributed by atoms with Crippen molar-refractivity contribution in [1.82, 2.24) is 25.7 Å². The van der Waals surface area contributed by atoms with Crippen molar-refractivity contribution in [3.8, 4) is 11.1 Å². The molecular formula is C44H63F2N5O3. The summed E-state index contributed by atoms with van der Waals surface area (Å²) in [5, 5.41) is 13.6. The number of ketones is 1. The second-order valence-electron chi connectivity index (χ2n) is 14.1. The molecule has 0 saturated heterocycles. The number of carbonyl (C=O) groups excluding carboxylic acids is 3. The first-order valence-corrected chi connectivity index (χ1v) is 18.1. The van der Waals surface area contributed by atoms with Gasteiger partial charge in [-0.1, -0.05) is 67.7 Å². The summed E-state index contributed by atoms with van der Waals surface area (Å²) in [7, 11) is 0. The highest BCUT2D eigenvalue weighted by Gasteiger charge is 2.28. The number of allylic oxidation sites excluding steroid dienone is 4. The van der Waals surface area contributed by atoms with Crippen molar-refractivity contribution in [2.75, 3.05) is 6.54 Å². The van der Waals surface area contributed by atoms with Gasteiger partial charge in [0.1, 0.15) is 23.5 Å². The first kappa shape index (κ1) is 47.3. The molecule has 0 unspecified atom stereocenters. The predicted octanol–water partition coefficient (Wildman–Crippen LogP) is 9.43. The monoisotopic (exact) mass is 747 g/mol. The van der Waals surface area contributed by atoms with E-state index in [1.54, 1.807) is 62.7 Å². The number of nitrogens with one attached hydrogen (secondary N) is 3. The van der Waals surface area contributed by atoms with E-state index >= 15 is 4.39 Å². The van der Waals surface area contributed by atoms with Crippen LogP contribution in [-0.4, -0.2) is 40.0 Å². The molecule has 1 aromatic heterocycles. The van der Waals surface area contributed by atoms with Crippen LogP contribution in [0.5, 0.6) is 0 Å². The number of hydrogen-bond donors (Lipinski definition) is 3. The molecule has 2 atom stereocenters. The number of aromatic nitrogens is 2. The predicted molar refractivity (Wildman–Crippen MR) is 219 cm³/mol. The van der Waals surface area contributed by atoms with Crippen LogP contribution in [0.25, 0.3) is 16.8 Å². The molecule has 0 spiro atoms. The first-order valence-electron chi connectivity index (χ1n) is 18.1. The summed E-state index contributed by atoms with van der Waals surface area (Å²) in [4.78, 5) is 39.4. The van der Waals surface area contributed by atoms with Gasteiger partial charge in [-0.15, -0.1) is 0 Å². The average Bonchev–Trinajstić information content (AvgIpc) is 3.50. The minimum Gasteiger partial charge on any atom is -0.347 e. The van der Waals surface area contributed by atoms with E-state index in [1.165, 1.54) is 25.5 Å². The molecule has 10 heteroatoms. The second kappa shape index (κ2) is 21.9. The molecule has 3 aromatic rings. The third-order valence-electron chi connectivity index (χ3n) is 8.60. The first-order chi connectivity index (χ1) is 24.6. The highest BCUT2D eigenvalue weighted by atomic mass is 19.1. The lowest BCUT2D eigenvalue weighted by atomic mass is 9.90. The van der Waals surface area contributed by atoms with E-state index < -0.39 is 29.7 Å². The van der Waals surface area contributed by atoms with Gasteiger partial charge in [-0.3, -0.25) is 14.4 Å². The quantitative estimate of drug-likeness (QED) is 0.119. The van der Waals surface area contributed by atoms with Crippen LogP contribution in [0.3, 0.4) is 0 Å². The van der Waals surface area contributed by atoms with Gasteiger partial charge in [0.15, 0.2) is 0 Å². The van der Waals surface area contributed by atoms with E-state index in [0.717, 1.165) is 36.3 Å². The lowest BCUT2D eigenvalue weighted by molar-refractivity contribution is -0.128. The van der Waals surface area contributed by atoms with Gasteiger partial charge < -0.3 is 16.0 Å². The lowest BCUT2D eigenvalue weighted by Gasteiger charge is -2.26. The van der Waals surface area contributed by atoms with Crippen LogP contribution in [0, 0.1) is 38.3 Å². The van der Waals surface area contributed by atoms with Crippen LogP contribution < -0.4 is 16.0 Å². The van der Waals surface area contributed by atoms with E-state index in [1.807, 2.05) is 20.0 Å². The third kappa shape index (κ3) is 13.0. The van der Waals surface area contributed by atoms with Gasteiger partial charge in [-0.25, -0.2) is 13.5 Å². The largest absolute Gasteiger partial charge is 0.347 e. The van der Waals surface area contributed by atoms with Gasteiger partial charge in [0.25, 0.3) is 0 Å². The molecule has 0 saturated carbocycles. The SMILES string of the molecule is C.C.C=C(/C=C\C=C(/C)C(=O)N[C@@H](CC(C)C)C(=O)N[C@@H](CC(C)=O)c1cc(-c2c(C)cc(F)cc2C)cc(C)c1F)n1cc2c(n1)CCNC2.CCC. The standard InChI is InChI=1S/C39H47F2N5O3.C3H8.2CH4/c1-22(2)14-35(44-38(48)23(3)10-9-11-27(7)46-21-30-20-42-13-12-33(30)45-46)39(49)43-34(18-28(8)47)32-19-29(15-26(6)37(32)41)36-24(4)16-31(40)17-25(36)5;1-3-2;;/h9-11,15-17,19,21-22,34-35,42H,7,12-14,18,20H2,1-6,8H3,(H,43,49)(H,44,48);3H2,1-2H3;2*1H4/b11-9-,23-10+;;;/t34-,35-;;;/m0.../s1. The van der Waals surface area contributed by atoms with Gasteiger partial charge >= 0.3 is 0 Å². The summed E-state index contributed by atoms with van der Waals surface area (Å²) in [6, 6.07) is 4.19. The molecular weight excluding hydrogens is 685 g/mol. The lowest BCUT2D eigenvalue weighted by Crippen LogP contribution is -2.48. The minimum atomic E-state index is -0.995. The minimum absolute atomic E-state index is 0. The normalized spacial score (nSPS) is 13.4. The molecule has 54 heavy (non-hydrogen) atoms. The summed E-state index contributed by atoms with van der Waals surface area (Å²) >= 11 is 0. The second-order valence-corrected chi connectivity index (χ2v) is 14.1. The van der Waals surface area contributed by atoms with Crippen LogP contribution >= 0.6 is 0 Å². The molecule has 2 heterocycles. The molecule has 8 nitrogen and oxygen atoms in total. The number of aryl methyl sites for hydroxylation is 3. The molecule has 1 aliphatic heterocycles. The Morgan fingerprint density at radius 1 is 1.00 bits per heavy atom. The van der Waals surface area contributed by atoms with Crippen molar-refractivity contribution < 1.29 is 23.2 Å². The molecule has 1 aliphatic rings. The Hall–Kier alpha value is -4.70. The Morgan fingerprint density at radius 3 is 2.20 bits per heavy atom. The van der Waals surface area contributed by atoms with Crippen LogP contribution in [0.15, 0.2) is 60.8 Å². The van der Waals surface area contributed by atoms with Gasteiger partial charge in [0, 0.05) is 48.8 Å². The molecule has 0 bridgehead atoms. The zero-order chi connectivity index (χ0) is 38.7. The molecule has 0 aliphatic carbocycles. The molecule has 0 fully saturated rings. The number of nitrogens with zero attached hydrogens (tertiary/aromatic N) is 2. The van der Waals surface area contributed by atoms with Crippen LogP contribution in [0.1, 0.15) is 115 Å². The summed E-state index contributed by atoms with van der Waals surface area (Å²) < 4.78 is 31.6. The number of carbonyl (C=O) groups is 3.